The fourth-order valence-electron chi connectivity index (χ4n) is 4.76. The van der Waals surface area contributed by atoms with Crippen molar-refractivity contribution in [3.05, 3.63) is 30.1 Å². The summed E-state index contributed by atoms with van der Waals surface area (Å²) in [6.45, 7) is 7.13. The number of nitrogens with zero attached hydrogens (tertiary/aromatic N) is 3. The van der Waals surface area contributed by atoms with Crippen molar-refractivity contribution in [1.82, 2.24) is 19.8 Å². The molecule has 1 aromatic carbocycles. The lowest BCUT2D eigenvalue weighted by Crippen LogP contribution is -2.65. The smallest absolute Gasteiger partial charge is 0.290 e. The van der Waals surface area contributed by atoms with Gasteiger partial charge < -0.3 is 14.8 Å². The van der Waals surface area contributed by atoms with Crippen molar-refractivity contribution in [3.63, 3.8) is 0 Å². The molecule has 1 N–H and O–H groups in total. The summed E-state index contributed by atoms with van der Waals surface area (Å²) in [5, 5.41) is 3.29. The van der Waals surface area contributed by atoms with Gasteiger partial charge in [0.2, 0.25) is 5.91 Å². The summed E-state index contributed by atoms with van der Waals surface area (Å²) in [5.41, 5.74) is 0.792. The maximum absolute atomic E-state index is 13.5. The van der Waals surface area contributed by atoms with Crippen LogP contribution in [0.25, 0.3) is 11.0 Å². The molecule has 0 unspecified atom stereocenters. The van der Waals surface area contributed by atoms with E-state index in [1.54, 1.807) is 4.90 Å². The Kier molecular flexibility index (Phi) is 4.89. The van der Waals surface area contributed by atoms with E-state index in [9.17, 15) is 9.59 Å². The topological polar surface area (TPSA) is 67.2 Å². The molecule has 0 radical (unpaired) electrons. The average Bonchev–Trinajstić information content (AvgIpc) is 3.05. The Labute approximate surface area is 166 Å². The van der Waals surface area contributed by atoms with Crippen LogP contribution in [-0.4, -0.2) is 44.4 Å². The number of carbonyl (C=O) groups is 2. The predicted octanol–water partition coefficient (Wildman–Crippen LogP) is 3.36. The maximum atomic E-state index is 13.5. The van der Waals surface area contributed by atoms with E-state index in [0.29, 0.717) is 24.8 Å². The molecule has 1 saturated carbocycles. The molecular formula is C22H30N4O2. The third-order valence-corrected chi connectivity index (χ3v) is 6.52. The molecule has 150 valence electrons. The highest BCUT2D eigenvalue weighted by Crippen LogP contribution is 2.32. The fourth-order valence-corrected chi connectivity index (χ4v) is 4.76. The first kappa shape index (κ1) is 19.0. The van der Waals surface area contributed by atoms with Gasteiger partial charge >= 0.3 is 0 Å². The Bertz CT molecular complexity index is 905. The van der Waals surface area contributed by atoms with Gasteiger partial charge in [-0.15, -0.1) is 0 Å². The summed E-state index contributed by atoms with van der Waals surface area (Å²) in [6.07, 6.45) is 5.35. The summed E-state index contributed by atoms with van der Waals surface area (Å²) in [6, 6.07) is 7.94. The number of rotatable bonds is 4. The fraction of sp³-hybridized carbons (Fsp3) is 0.591. The molecule has 6 heteroatoms. The van der Waals surface area contributed by atoms with Crippen LogP contribution in [0, 0.1) is 5.92 Å². The highest BCUT2D eigenvalue weighted by Gasteiger charge is 2.48. The third kappa shape index (κ3) is 2.99. The van der Waals surface area contributed by atoms with E-state index in [0.717, 1.165) is 36.7 Å². The maximum Gasteiger partial charge on any atom is 0.290 e. The van der Waals surface area contributed by atoms with E-state index in [-0.39, 0.29) is 17.9 Å². The summed E-state index contributed by atoms with van der Waals surface area (Å²) in [7, 11) is 0. The molecule has 0 saturated heterocycles. The first-order valence-electron chi connectivity index (χ1n) is 10.5. The first-order chi connectivity index (χ1) is 13.5. The highest BCUT2D eigenvalue weighted by atomic mass is 16.2. The van der Waals surface area contributed by atoms with Crippen molar-refractivity contribution in [2.45, 2.75) is 71.0 Å². The molecule has 1 fully saturated rings. The number of para-hydroxylation sites is 2. The lowest BCUT2D eigenvalue weighted by atomic mass is 9.85. The number of nitrogens with one attached hydrogen (secondary N) is 1. The van der Waals surface area contributed by atoms with Gasteiger partial charge in [-0.1, -0.05) is 38.8 Å². The normalized spacial score (nSPS) is 27.7. The zero-order chi connectivity index (χ0) is 19.9. The molecule has 6 nitrogen and oxygen atoms in total. The SMILES string of the molecule is CCCN1C(=O)c2nc3ccccc3n2C[C@]1(C)C(=O)N[C@H]1CCCC[C@@H]1C. The monoisotopic (exact) mass is 382 g/mol. The lowest BCUT2D eigenvalue weighted by molar-refractivity contribution is -0.134. The van der Waals surface area contributed by atoms with Crippen LogP contribution in [0.2, 0.25) is 0 Å². The van der Waals surface area contributed by atoms with E-state index in [4.69, 9.17) is 0 Å². The zero-order valence-electron chi connectivity index (χ0n) is 17.1. The Hall–Kier alpha value is -2.37. The van der Waals surface area contributed by atoms with Crippen molar-refractivity contribution >= 4 is 22.8 Å². The van der Waals surface area contributed by atoms with Crippen LogP contribution in [0.1, 0.15) is 63.5 Å². The minimum atomic E-state index is -0.916. The average molecular weight is 383 g/mol. The molecule has 0 spiro atoms. The van der Waals surface area contributed by atoms with Crippen LogP contribution >= 0.6 is 0 Å². The van der Waals surface area contributed by atoms with Gasteiger partial charge in [-0.25, -0.2) is 4.98 Å². The first-order valence-corrected chi connectivity index (χ1v) is 10.5. The standard InChI is InChI=1S/C22H30N4O2/c1-4-13-26-20(27)19-23-17-11-7-8-12-18(17)25(19)14-22(26,3)21(28)24-16-10-6-5-9-15(16)2/h7-8,11-12,15-16H,4-6,9-10,13-14H2,1-3H3,(H,24,28)/t15-,16-,22+/m0/s1. The molecule has 2 amide bonds. The zero-order valence-corrected chi connectivity index (χ0v) is 17.1. The number of aromatic nitrogens is 2. The molecule has 1 aromatic heterocycles. The van der Waals surface area contributed by atoms with Crippen LogP contribution in [0.5, 0.6) is 0 Å². The number of imidazole rings is 1. The van der Waals surface area contributed by atoms with Crippen molar-refractivity contribution in [2.75, 3.05) is 6.54 Å². The number of hydrogen-bond acceptors (Lipinski definition) is 3. The number of hydrogen-bond donors (Lipinski definition) is 1. The van der Waals surface area contributed by atoms with Gasteiger partial charge in [0.25, 0.3) is 5.91 Å². The van der Waals surface area contributed by atoms with Gasteiger partial charge in [0.05, 0.1) is 17.6 Å². The highest BCUT2D eigenvalue weighted by molar-refractivity contribution is 6.01. The Morgan fingerprint density at radius 2 is 2.04 bits per heavy atom. The summed E-state index contributed by atoms with van der Waals surface area (Å²) >= 11 is 0. The number of fused-ring (bicyclic) bond motifs is 3. The number of carbonyl (C=O) groups excluding carboxylic acids is 2. The predicted molar refractivity (Wildman–Crippen MR) is 109 cm³/mol. The van der Waals surface area contributed by atoms with E-state index in [1.165, 1.54) is 6.42 Å². The van der Waals surface area contributed by atoms with Gasteiger partial charge in [0.1, 0.15) is 5.54 Å². The molecule has 28 heavy (non-hydrogen) atoms. The Balaban J connectivity index is 1.71. The van der Waals surface area contributed by atoms with Gasteiger partial charge in [0, 0.05) is 12.6 Å². The summed E-state index contributed by atoms with van der Waals surface area (Å²) < 4.78 is 1.92. The molecule has 0 bridgehead atoms. The van der Waals surface area contributed by atoms with E-state index in [2.05, 4.69) is 17.2 Å². The Morgan fingerprint density at radius 3 is 2.79 bits per heavy atom. The minimum Gasteiger partial charge on any atom is -0.351 e. The summed E-state index contributed by atoms with van der Waals surface area (Å²) in [4.78, 5) is 33.1. The Morgan fingerprint density at radius 1 is 1.29 bits per heavy atom. The molecule has 4 rings (SSSR count). The van der Waals surface area contributed by atoms with E-state index < -0.39 is 5.54 Å². The van der Waals surface area contributed by atoms with Crippen LogP contribution in [0.3, 0.4) is 0 Å². The van der Waals surface area contributed by atoms with E-state index >= 15 is 0 Å². The van der Waals surface area contributed by atoms with Crippen LogP contribution in [0.15, 0.2) is 24.3 Å². The second kappa shape index (κ2) is 7.22. The van der Waals surface area contributed by atoms with Gasteiger partial charge in [0.15, 0.2) is 5.82 Å². The van der Waals surface area contributed by atoms with Crippen LogP contribution < -0.4 is 5.32 Å². The van der Waals surface area contributed by atoms with Gasteiger partial charge in [-0.2, -0.15) is 0 Å². The molecule has 1 aliphatic carbocycles. The quantitative estimate of drug-likeness (QED) is 0.882. The van der Waals surface area contributed by atoms with Gasteiger partial charge in [-0.05, 0) is 44.2 Å². The molecule has 2 aromatic rings. The van der Waals surface area contributed by atoms with Crippen molar-refractivity contribution in [2.24, 2.45) is 5.92 Å². The summed E-state index contributed by atoms with van der Waals surface area (Å²) in [5.74, 6) is 0.714. The molecule has 3 atom stereocenters. The second-order valence-electron chi connectivity index (χ2n) is 8.58. The van der Waals surface area contributed by atoms with Crippen molar-refractivity contribution in [1.29, 1.82) is 0 Å². The molecular weight excluding hydrogens is 352 g/mol. The number of benzene rings is 1. The van der Waals surface area contributed by atoms with Crippen molar-refractivity contribution in [3.8, 4) is 0 Å². The van der Waals surface area contributed by atoms with Gasteiger partial charge in [-0.3, -0.25) is 9.59 Å². The molecule has 2 heterocycles. The van der Waals surface area contributed by atoms with E-state index in [1.807, 2.05) is 42.7 Å². The third-order valence-electron chi connectivity index (χ3n) is 6.52. The molecule has 1 aliphatic heterocycles. The second-order valence-corrected chi connectivity index (χ2v) is 8.58. The van der Waals surface area contributed by atoms with Crippen LogP contribution in [0.4, 0.5) is 0 Å². The van der Waals surface area contributed by atoms with Crippen LogP contribution in [-0.2, 0) is 11.3 Å². The van der Waals surface area contributed by atoms with Crippen molar-refractivity contribution < 1.29 is 9.59 Å². The largest absolute Gasteiger partial charge is 0.351 e. The lowest BCUT2D eigenvalue weighted by Gasteiger charge is -2.44. The number of amides is 2. The molecule has 2 aliphatic rings. The minimum absolute atomic E-state index is 0.0449.